The number of nitrogens with one attached hydrogen (secondary N) is 2. The van der Waals surface area contributed by atoms with Crippen molar-refractivity contribution >= 4 is 34.5 Å². The zero-order chi connectivity index (χ0) is 17.8. The molecule has 7 nitrogen and oxygen atoms in total. The molecule has 0 aromatic carbocycles. The second kappa shape index (κ2) is 8.03. The Morgan fingerprint density at radius 3 is 2.84 bits per heavy atom. The molecule has 2 aromatic rings. The maximum Gasteiger partial charge on any atom is 0.263 e. The van der Waals surface area contributed by atoms with Crippen LogP contribution in [-0.4, -0.2) is 51.9 Å². The van der Waals surface area contributed by atoms with Crippen molar-refractivity contribution < 1.29 is 9.59 Å². The fraction of sp³-hybridized carbons (Fsp3) is 0.500. The maximum absolute atomic E-state index is 12.4. The van der Waals surface area contributed by atoms with Gasteiger partial charge in [-0.2, -0.15) is 0 Å². The fourth-order valence-electron chi connectivity index (χ4n) is 3.04. The van der Waals surface area contributed by atoms with Gasteiger partial charge in [-0.1, -0.05) is 0 Å². The number of carbonyl (C=O) groups is 2. The lowest BCUT2D eigenvalue weighted by atomic mass is 10.1. The lowest BCUT2D eigenvalue weighted by molar-refractivity contribution is -0.125. The van der Waals surface area contributed by atoms with Crippen LogP contribution in [0.1, 0.15) is 34.4 Å². The van der Waals surface area contributed by atoms with E-state index in [1.165, 1.54) is 11.3 Å². The number of nitrogens with zero attached hydrogens (tertiary/aromatic N) is 3. The third-order valence-corrected chi connectivity index (χ3v) is 5.76. The topological polar surface area (TPSA) is 87.2 Å². The van der Waals surface area contributed by atoms with Crippen LogP contribution in [0.25, 0.3) is 0 Å². The number of hydrogen-bond acceptors (Lipinski definition) is 7. The van der Waals surface area contributed by atoms with Crippen molar-refractivity contribution in [3.05, 3.63) is 32.7 Å². The van der Waals surface area contributed by atoms with E-state index in [9.17, 15) is 9.59 Å². The third kappa shape index (κ3) is 4.23. The number of likely N-dealkylation sites (N-methyl/N-ethyl adjacent to an activating group) is 1. The molecule has 0 bridgehead atoms. The van der Waals surface area contributed by atoms with Crippen LogP contribution in [0.2, 0.25) is 0 Å². The summed E-state index contributed by atoms with van der Waals surface area (Å²) < 4.78 is 0. The van der Waals surface area contributed by atoms with E-state index in [1.54, 1.807) is 22.4 Å². The second-order valence-corrected chi connectivity index (χ2v) is 7.57. The van der Waals surface area contributed by atoms with Crippen molar-refractivity contribution in [3.63, 3.8) is 0 Å². The lowest BCUT2D eigenvalue weighted by Gasteiger charge is -2.22. The molecule has 0 saturated carbocycles. The largest absolute Gasteiger partial charge is 0.355 e. The minimum atomic E-state index is -0.255. The summed E-state index contributed by atoms with van der Waals surface area (Å²) in [6.45, 7) is 5.56. The molecule has 0 aliphatic carbocycles. The van der Waals surface area contributed by atoms with Crippen molar-refractivity contribution in [2.45, 2.75) is 38.9 Å². The van der Waals surface area contributed by atoms with Crippen molar-refractivity contribution in [3.8, 4) is 0 Å². The molecule has 2 aromatic heterocycles. The number of aromatic nitrogens is 2. The number of carbonyl (C=O) groups excluding carboxylic acids is 2. The highest BCUT2D eigenvalue weighted by atomic mass is 32.1. The van der Waals surface area contributed by atoms with Crippen molar-refractivity contribution in [2.24, 2.45) is 0 Å². The van der Waals surface area contributed by atoms with Gasteiger partial charge in [-0.15, -0.1) is 22.7 Å². The minimum Gasteiger partial charge on any atom is -0.355 e. The number of amides is 2. The van der Waals surface area contributed by atoms with Crippen LogP contribution >= 0.6 is 22.7 Å². The van der Waals surface area contributed by atoms with E-state index in [4.69, 9.17) is 0 Å². The summed E-state index contributed by atoms with van der Waals surface area (Å²) in [7, 11) is 0. The van der Waals surface area contributed by atoms with Gasteiger partial charge in [-0.05, 0) is 20.3 Å². The Bertz CT molecular complexity index is 731. The molecule has 3 rings (SSSR count). The summed E-state index contributed by atoms with van der Waals surface area (Å²) in [4.78, 5) is 36.0. The molecule has 2 amide bonds. The van der Waals surface area contributed by atoms with Crippen molar-refractivity contribution in [1.29, 1.82) is 0 Å². The van der Waals surface area contributed by atoms with Crippen LogP contribution in [0, 0.1) is 6.92 Å². The predicted octanol–water partition coefficient (Wildman–Crippen LogP) is 1.42. The van der Waals surface area contributed by atoms with E-state index < -0.39 is 0 Å². The van der Waals surface area contributed by atoms with Gasteiger partial charge in [0.15, 0.2) is 0 Å². The van der Waals surface area contributed by atoms with Gasteiger partial charge in [0.05, 0.1) is 28.5 Å². The monoisotopic (exact) mass is 379 g/mol. The summed E-state index contributed by atoms with van der Waals surface area (Å²) in [5.41, 5.74) is 5.15. The smallest absolute Gasteiger partial charge is 0.263 e. The zero-order valence-corrected chi connectivity index (χ0v) is 15.8. The molecule has 1 aliphatic heterocycles. The number of rotatable bonds is 6. The molecule has 1 fully saturated rings. The normalized spacial score (nSPS) is 20.6. The lowest BCUT2D eigenvalue weighted by Crippen LogP contribution is -2.42. The third-order valence-electron chi connectivity index (χ3n) is 4.19. The summed E-state index contributed by atoms with van der Waals surface area (Å²) in [5.74, 6) is -0.112. The maximum atomic E-state index is 12.4. The average molecular weight is 380 g/mol. The van der Waals surface area contributed by atoms with E-state index in [2.05, 4.69) is 25.5 Å². The first-order chi connectivity index (χ1) is 12.1. The van der Waals surface area contributed by atoms with Crippen LogP contribution in [0.15, 0.2) is 16.4 Å². The molecule has 134 valence electrons. The van der Waals surface area contributed by atoms with Gasteiger partial charge in [0.25, 0.3) is 5.91 Å². The molecule has 1 saturated heterocycles. The van der Waals surface area contributed by atoms with Crippen LogP contribution in [0.4, 0.5) is 0 Å². The molecule has 0 unspecified atom stereocenters. The van der Waals surface area contributed by atoms with Gasteiger partial charge in [-0.25, -0.2) is 9.97 Å². The van der Waals surface area contributed by atoms with Crippen molar-refractivity contribution in [2.75, 3.05) is 13.1 Å². The first kappa shape index (κ1) is 18.0. The Morgan fingerprint density at radius 1 is 1.36 bits per heavy atom. The highest BCUT2D eigenvalue weighted by Crippen LogP contribution is 2.22. The van der Waals surface area contributed by atoms with Gasteiger partial charge in [0.1, 0.15) is 4.88 Å². The van der Waals surface area contributed by atoms with E-state index in [1.807, 2.05) is 19.2 Å². The molecule has 2 N–H and O–H groups in total. The molecule has 25 heavy (non-hydrogen) atoms. The number of likely N-dealkylation sites (tertiary alicyclic amines) is 1. The number of thiazole rings is 2. The Balaban J connectivity index is 1.68. The van der Waals surface area contributed by atoms with Crippen LogP contribution < -0.4 is 10.6 Å². The van der Waals surface area contributed by atoms with Crippen LogP contribution in [-0.2, 0) is 11.3 Å². The van der Waals surface area contributed by atoms with Crippen LogP contribution in [0.3, 0.4) is 0 Å². The molecule has 1 aliphatic rings. The number of hydrogen-bond donors (Lipinski definition) is 2. The molecule has 0 spiro atoms. The summed E-state index contributed by atoms with van der Waals surface area (Å²) in [6.07, 6.45) is 0.597. The summed E-state index contributed by atoms with van der Waals surface area (Å²) in [6, 6.07) is -0.324. The second-order valence-electron chi connectivity index (χ2n) is 5.99. The quantitative estimate of drug-likeness (QED) is 0.793. The van der Waals surface area contributed by atoms with Crippen LogP contribution in [0.5, 0.6) is 0 Å². The van der Waals surface area contributed by atoms with Gasteiger partial charge in [-0.3, -0.25) is 14.5 Å². The van der Waals surface area contributed by atoms with E-state index in [0.717, 1.165) is 11.4 Å². The molecule has 2 atom stereocenters. The van der Waals surface area contributed by atoms with Gasteiger partial charge >= 0.3 is 0 Å². The van der Waals surface area contributed by atoms with Gasteiger partial charge < -0.3 is 10.6 Å². The average Bonchev–Trinajstić information content (AvgIpc) is 3.29. The van der Waals surface area contributed by atoms with Crippen molar-refractivity contribution in [1.82, 2.24) is 25.5 Å². The molecule has 3 heterocycles. The van der Waals surface area contributed by atoms with Gasteiger partial charge in [0.2, 0.25) is 5.91 Å². The standard InChI is InChI=1S/C16H21N5O2S2/c1-3-17-15(22)13-4-11(5-21(13)6-12-7-24-8-19-12)20-16(23)14-10(2)18-9-25-14/h7-9,11,13H,3-6H2,1-2H3,(H,17,22)(H,20,23)/t11-,13-/m0/s1. The molecular formula is C16H21N5O2S2. The molecule has 9 heteroatoms. The van der Waals surface area contributed by atoms with E-state index in [-0.39, 0.29) is 23.9 Å². The zero-order valence-electron chi connectivity index (χ0n) is 14.2. The predicted molar refractivity (Wildman–Crippen MR) is 97.7 cm³/mol. The molecular weight excluding hydrogens is 358 g/mol. The highest BCUT2D eigenvalue weighted by Gasteiger charge is 2.37. The summed E-state index contributed by atoms with van der Waals surface area (Å²) in [5, 5.41) is 7.93. The Kier molecular flexibility index (Phi) is 5.77. The van der Waals surface area contributed by atoms with E-state index in [0.29, 0.717) is 30.9 Å². The first-order valence-corrected chi connectivity index (χ1v) is 10.0. The first-order valence-electron chi connectivity index (χ1n) is 8.18. The SMILES string of the molecule is CCNC(=O)[C@@H]1C[C@H](NC(=O)c2scnc2C)CN1Cc1cscn1. The fourth-order valence-corrected chi connectivity index (χ4v) is 4.30. The number of aryl methyl sites for hydroxylation is 1. The molecule has 0 radical (unpaired) electrons. The van der Waals surface area contributed by atoms with Gasteiger partial charge in [0, 0.05) is 31.1 Å². The Morgan fingerprint density at radius 2 is 2.20 bits per heavy atom. The minimum absolute atomic E-state index is 0.00319. The highest BCUT2D eigenvalue weighted by molar-refractivity contribution is 7.11. The van der Waals surface area contributed by atoms with E-state index >= 15 is 0 Å². The summed E-state index contributed by atoms with van der Waals surface area (Å²) >= 11 is 2.88. The Hall–Kier alpha value is -1.84. The Labute approximate surface area is 154 Å².